The van der Waals surface area contributed by atoms with Gasteiger partial charge in [-0.2, -0.15) is 0 Å². The zero-order valence-electron chi connectivity index (χ0n) is 11.9. The van der Waals surface area contributed by atoms with E-state index >= 15 is 0 Å². The molecule has 0 radical (unpaired) electrons. The van der Waals surface area contributed by atoms with Crippen LogP contribution in [0.3, 0.4) is 0 Å². The number of carbonyl (C=O) groups excluding carboxylic acids is 1. The molecule has 0 aromatic heterocycles. The van der Waals surface area contributed by atoms with Gasteiger partial charge in [0.15, 0.2) is 0 Å². The van der Waals surface area contributed by atoms with Crippen LogP contribution in [0.15, 0.2) is 24.3 Å². The Hall–Kier alpha value is -1.31. The molecule has 1 aromatic carbocycles. The van der Waals surface area contributed by atoms with Crippen molar-refractivity contribution in [2.45, 2.75) is 6.92 Å². The maximum absolute atomic E-state index is 12.1. The number of sulfonamides is 1. The van der Waals surface area contributed by atoms with Crippen LogP contribution in [0.5, 0.6) is 0 Å². The van der Waals surface area contributed by atoms with Gasteiger partial charge in [0.05, 0.1) is 11.9 Å². The van der Waals surface area contributed by atoms with Crippen molar-refractivity contribution in [1.29, 1.82) is 0 Å². The molecule has 2 rings (SSSR count). The van der Waals surface area contributed by atoms with Crippen LogP contribution < -0.4 is 15.4 Å². The number of amides is 1. The number of hydrogen-bond acceptors (Lipinski definition) is 4. The third-order valence-corrected chi connectivity index (χ3v) is 3.97. The van der Waals surface area contributed by atoms with Crippen LogP contribution in [-0.4, -0.2) is 33.7 Å². The van der Waals surface area contributed by atoms with Gasteiger partial charge in [-0.3, -0.25) is 9.52 Å². The lowest BCUT2D eigenvalue weighted by molar-refractivity contribution is -0.121. The van der Waals surface area contributed by atoms with Gasteiger partial charge in [0, 0.05) is 11.6 Å². The van der Waals surface area contributed by atoms with Gasteiger partial charge < -0.3 is 10.6 Å². The number of rotatable bonds is 5. The van der Waals surface area contributed by atoms with E-state index < -0.39 is 10.0 Å². The maximum Gasteiger partial charge on any atom is 0.229 e. The maximum atomic E-state index is 12.1. The normalized spacial score (nSPS) is 16.3. The molecule has 0 saturated carbocycles. The molecule has 118 valence electrons. The van der Waals surface area contributed by atoms with Crippen LogP contribution in [0.2, 0.25) is 0 Å². The Kier molecular flexibility index (Phi) is 6.00. The fourth-order valence-corrected chi connectivity index (χ4v) is 2.56. The van der Waals surface area contributed by atoms with Crippen molar-refractivity contribution in [3.05, 3.63) is 24.3 Å². The molecule has 1 saturated heterocycles. The summed E-state index contributed by atoms with van der Waals surface area (Å²) in [6.07, 6.45) is 1.09. The Balaban J connectivity index is 0.00000220. The van der Waals surface area contributed by atoms with Crippen molar-refractivity contribution >= 4 is 39.7 Å². The van der Waals surface area contributed by atoms with E-state index in [1.807, 2.05) is 6.92 Å². The second kappa shape index (κ2) is 7.11. The molecule has 0 spiro atoms. The number of anilines is 2. The largest absolute Gasteiger partial charge is 0.326 e. The summed E-state index contributed by atoms with van der Waals surface area (Å²) in [7, 11) is -3.32. The third kappa shape index (κ3) is 5.18. The lowest BCUT2D eigenvalue weighted by Gasteiger charge is -2.31. The second-order valence-corrected chi connectivity index (χ2v) is 6.90. The smallest absolute Gasteiger partial charge is 0.229 e. The fraction of sp³-hybridized carbons (Fsp3) is 0.462. The van der Waals surface area contributed by atoms with E-state index in [9.17, 15) is 13.2 Å². The van der Waals surface area contributed by atoms with Crippen molar-refractivity contribution in [2.75, 3.05) is 29.4 Å². The Morgan fingerprint density at radius 3 is 2.48 bits per heavy atom. The highest BCUT2D eigenvalue weighted by Crippen LogP contribution is 2.20. The number of nitrogens with one attached hydrogen (secondary N) is 3. The van der Waals surface area contributed by atoms with Gasteiger partial charge in [-0.05, 0) is 37.2 Å². The Morgan fingerprint density at radius 1 is 1.33 bits per heavy atom. The molecule has 1 aliphatic rings. The first-order valence-electron chi connectivity index (χ1n) is 6.44. The summed E-state index contributed by atoms with van der Waals surface area (Å²) in [6, 6.07) is 6.66. The average Bonchev–Trinajstić information content (AvgIpc) is 2.24. The molecule has 6 nitrogen and oxygen atoms in total. The van der Waals surface area contributed by atoms with Gasteiger partial charge in [0.1, 0.15) is 0 Å². The Bertz CT molecular complexity index is 602. The van der Waals surface area contributed by atoms with E-state index in [2.05, 4.69) is 15.4 Å². The van der Waals surface area contributed by atoms with Crippen LogP contribution in [0.1, 0.15) is 6.92 Å². The quantitative estimate of drug-likeness (QED) is 0.757. The first-order valence-corrected chi connectivity index (χ1v) is 8.34. The summed E-state index contributed by atoms with van der Waals surface area (Å²) in [5.41, 5.74) is 1.02. The minimum Gasteiger partial charge on any atom is -0.326 e. The van der Waals surface area contributed by atoms with E-state index in [4.69, 9.17) is 0 Å². The lowest BCUT2D eigenvalue weighted by Crippen LogP contribution is -2.48. The molecule has 1 heterocycles. The van der Waals surface area contributed by atoms with Gasteiger partial charge >= 0.3 is 0 Å². The molecule has 1 aliphatic heterocycles. The summed E-state index contributed by atoms with van der Waals surface area (Å²) < 4.78 is 24.7. The van der Waals surface area contributed by atoms with Gasteiger partial charge in [-0.15, -0.1) is 12.4 Å². The highest BCUT2D eigenvalue weighted by molar-refractivity contribution is 7.92. The molecule has 1 aromatic rings. The van der Waals surface area contributed by atoms with Crippen LogP contribution in [-0.2, 0) is 14.8 Å². The van der Waals surface area contributed by atoms with Crippen molar-refractivity contribution in [1.82, 2.24) is 5.32 Å². The number of halogens is 1. The lowest BCUT2D eigenvalue weighted by atomic mass is 9.88. The van der Waals surface area contributed by atoms with E-state index in [0.29, 0.717) is 17.3 Å². The molecule has 3 N–H and O–H groups in total. The van der Waals surface area contributed by atoms with E-state index in [0.717, 1.165) is 19.3 Å². The molecule has 1 unspecified atom stereocenters. The van der Waals surface area contributed by atoms with E-state index in [1.54, 1.807) is 24.3 Å². The number of carbonyl (C=O) groups is 1. The summed E-state index contributed by atoms with van der Waals surface area (Å²) in [4.78, 5) is 12.1. The summed E-state index contributed by atoms with van der Waals surface area (Å²) >= 11 is 0. The van der Waals surface area contributed by atoms with Crippen LogP contribution in [0.4, 0.5) is 11.4 Å². The average molecular weight is 334 g/mol. The van der Waals surface area contributed by atoms with Crippen LogP contribution in [0.25, 0.3) is 0 Å². The summed E-state index contributed by atoms with van der Waals surface area (Å²) in [6.45, 7) is 3.63. The Morgan fingerprint density at radius 2 is 1.95 bits per heavy atom. The molecule has 1 fully saturated rings. The predicted molar refractivity (Wildman–Crippen MR) is 86.3 cm³/mol. The van der Waals surface area contributed by atoms with Crippen LogP contribution >= 0.6 is 12.4 Å². The number of benzene rings is 1. The zero-order chi connectivity index (χ0) is 14.8. The molecule has 1 amide bonds. The van der Waals surface area contributed by atoms with Crippen molar-refractivity contribution < 1.29 is 13.2 Å². The first kappa shape index (κ1) is 17.7. The minimum absolute atomic E-state index is 0. The molecular weight excluding hydrogens is 314 g/mol. The van der Waals surface area contributed by atoms with Crippen molar-refractivity contribution in [2.24, 2.45) is 11.8 Å². The van der Waals surface area contributed by atoms with Gasteiger partial charge in [-0.25, -0.2) is 8.42 Å². The molecule has 8 heteroatoms. The van der Waals surface area contributed by atoms with E-state index in [-0.39, 0.29) is 24.2 Å². The van der Waals surface area contributed by atoms with Gasteiger partial charge in [0.2, 0.25) is 15.9 Å². The predicted octanol–water partition coefficient (Wildman–Crippen LogP) is 1.27. The number of hydrogen-bond donors (Lipinski definition) is 3. The molecular formula is C13H20ClN3O3S. The summed E-state index contributed by atoms with van der Waals surface area (Å²) in [5.74, 6) is 0.253. The molecule has 21 heavy (non-hydrogen) atoms. The van der Waals surface area contributed by atoms with Gasteiger partial charge in [-0.1, -0.05) is 13.0 Å². The van der Waals surface area contributed by atoms with Crippen LogP contribution in [0, 0.1) is 11.8 Å². The van der Waals surface area contributed by atoms with E-state index in [1.165, 1.54) is 0 Å². The molecule has 0 bridgehead atoms. The minimum atomic E-state index is -3.32. The SMILES string of the molecule is CC(C(=O)Nc1cccc(NS(C)(=O)=O)c1)C1CNC1.Cl. The van der Waals surface area contributed by atoms with Gasteiger partial charge in [0.25, 0.3) is 0 Å². The highest BCUT2D eigenvalue weighted by Gasteiger charge is 2.28. The fourth-order valence-electron chi connectivity index (χ4n) is 2.01. The second-order valence-electron chi connectivity index (χ2n) is 5.15. The highest BCUT2D eigenvalue weighted by atomic mass is 35.5. The zero-order valence-corrected chi connectivity index (χ0v) is 13.6. The van der Waals surface area contributed by atoms with Crippen molar-refractivity contribution in [3.8, 4) is 0 Å². The molecule has 0 aliphatic carbocycles. The summed E-state index contributed by atoms with van der Waals surface area (Å²) in [5, 5.41) is 5.95. The standard InChI is InChI=1S/C13H19N3O3S.ClH/c1-9(10-7-14-8-10)13(17)15-11-4-3-5-12(6-11)16-20(2,18)19;/h3-6,9-10,14,16H,7-8H2,1-2H3,(H,15,17);1H. The third-order valence-electron chi connectivity index (χ3n) is 3.37. The van der Waals surface area contributed by atoms with Crippen molar-refractivity contribution in [3.63, 3.8) is 0 Å². The monoisotopic (exact) mass is 333 g/mol. The molecule has 1 atom stereocenters. The topological polar surface area (TPSA) is 87.3 Å². The Labute approximate surface area is 131 Å². The first-order chi connectivity index (χ1) is 9.35.